The molecule has 0 fully saturated rings. The molecule has 3 aromatic rings. The number of aryl methyl sites for hydroxylation is 1. The number of halogens is 1. The largest absolute Gasteiger partial charge is 0.319 e. The summed E-state index contributed by atoms with van der Waals surface area (Å²) in [5, 5.41) is 0.484. The predicted molar refractivity (Wildman–Crippen MR) is 97.7 cm³/mol. The van der Waals surface area contributed by atoms with E-state index in [9.17, 15) is 8.42 Å². The van der Waals surface area contributed by atoms with Gasteiger partial charge in [0.2, 0.25) is 4.80 Å². The number of hydrogen-bond acceptors (Lipinski definition) is 3. The first kappa shape index (κ1) is 17.0. The third kappa shape index (κ3) is 3.31. The summed E-state index contributed by atoms with van der Waals surface area (Å²) in [4.78, 5) is 1.56. The quantitative estimate of drug-likeness (QED) is 0.691. The summed E-state index contributed by atoms with van der Waals surface area (Å²) in [6.45, 7) is 1.96. The van der Waals surface area contributed by atoms with Gasteiger partial charge in [0.25, 0.3) is 10.0 Å². The van der Waals surface area contributed by atoms with Crippen molar-refractivity contribution < 1.29 is 8.42 Å². The zero-order valence-corrected chi connectivity index (χ0v) is 15.5. The molecular formula is C17H15ClN2O2S2. The number of rotatable bonds is 3. The smallest absolute Gasteiger partial charge is 0.285 e. The highest BCUT2D eigenvalue weighted by molar-refractivity contribution is 7.90. The Morgan fingerprint density at radius 1 is 1.04 bits per heavy atom. The van der Waals surface area contributed by atoms with Crippen molar-refractivity contribution in [1.29, 1.82) is 0 Å². The molecule has 2 aromatic carbocycles. The van der Waals surface area contributed by atoms with Crippen LogP contribution in [0.1, 0.15) is 4.88 Å². The lowest BCUT2D eigenvalue weighted by Gasteiger charge is -2.04. The van der Waals surface area contributed by atoms with E-state index in [1.807, 2.05) is 48.9 Å². The lowest BCUT2D eigenvalue weighted by molar-refractivity contribution is 0.596. The van der Waals surface area contributed by atoms with Crippen LogP contribution in [0.15, 0.2) is 63.9 Å². The molecule has 24 heavy (non-hydrogen) atoms. The molecule has 4 nitrogen and oxygen atoms in total. The van der Waals surface area contributed by atoms with Crippen LogP contribution >= 0.6 is 22.9 Å². The number of benzene rings is 2. The Hall–Kier alpha value is -1.89. The minimum atomic E-state index is -3.78. The summed E-state index contributed by atoms with van der Waals surface area (Å²) < 4.78 is 30.8. The maximum absolute atomic E-state index is 12.5. The highest BCUT2D eigenvalue weighted by Gasteiger charge is 2.15. The van der Waals surface area contributed by atoms with Gasteiger partial charge in [-0.2, -0.15) is 8.42 Å². The van der Waals surface area contributed by atoms with Gasteiger partial charge in [-0.3, -0.25) is 0 Å². The molecule has 124 valence electrons. The van der Waals surface area contributed by atoms with Crippen molar-refractivity contribution in [2.24, 2.45) is 11.4 Å². The third-order valence-electron chi connectivity index (χ3n) is 3.56. The molecular weight excluding hydrogens is 364 g/mol. The van der Waals surface area contributed by atoms with E-state index in [1.54, 1.807) is 12.1 Å². The van der Waals surface area contributed by atoms with Gasteiger partial charge in [-0.05, 0) is 36.8 Å². The maximum Gasteiger partial charge on any atom is 0.285 e. The average Bonchev–Trinajstić information content (AvgIpc) is 2.82. The molecule has 0 aliphatic rings. The normalized spacial score (nSPS) is 12.5. The fourth-order valence-corrected chi connectivity index (χ4v) is 4.76. The SMILES string of the molecule is Cc1sc(=NS(=O)(=O)c2ccc(Cl)cc2)n(C)c1-c1ccccc1. The van der Waals surface area contributed by atoms with Crippen LogP contribution in [0.3, 0.4) is 0 Å². The lowest BCUT2D eigenvalue weighted by Crippen LogP contribution is -2.14. The Bertz CT molecular complexity index is 1030. The van der Waals surface area contributed by atoms with Crippen molar-refractivity contribution in [2.75, 3.05) is 0 Å². The first-order valence-electron chi connectivity index (χ1n) is 7.17. The van der Waals surface area contributed by atoms with Crippen molar-refractivity contribution in [2.45, 2.75) is 11.8 Å². The second-order valence-corrected chi connectivity index (χ2v) is 8.46. The standard InChI is InChI=1S/C17H15ClN2O2S2/c1-12-16(13-6-4-3-5-7-13)20(2)17(23-12)19-24(21,22)15-10-8-14(18)9-11-15/h3-11H,1-2H3. The summed E-state index contributed by atoms with van der Waals surface area (Å²) >= 11 is 7.16. The Balaban J connectivity index is 2.14. The Labute approximate surface area is 149 Å². The van der Waals surface area contributed by atoms with Gasteiger partial charge >= 0.3 is 0 Å². The van der Waals surface area contributed by atoms with E-state index in [0.717, 1.165) is 16.1 Å². The van der Waals surface area contributed by atoms with E-state index in [0.29, 0.717) is 9.82 Å². The molecule has 0 aliphatic carbocycles. The summed E-state index contributed by atoms with van der Waals surface area (Å²) in [7, 11) is -1.96. The first-order valence-corrected chi connectivity index (χ1v) is 9.80. The van der Waals surface area contributed by atoms with Crippen LogP contribution in [0.25, 0.3) is 11.3 Å². The Morgan fingerprint density at radius 2 is 1.67 bits per heavy atom. The number of nitrogens with zero attached hydrogens (tertiary/aromatic N) is 2. The van der Waals surface area contributed by atoms with Crippen molar-refractivity contribution in [3.05, 3.63) is 69.3 Å². The summed E-state index contributed by atoms with van der Waals surface area (Å²) in [5.74, 6) is 0. The Morgan fingerprint density at radius 3 is 2.29 bits per heavy atom. The molecule has 0 amide bonds. The summed E-state index contributed by atoms with van der Waals surface area (Å²) in [5.41, 5.74) is 1.99. The molecule has 0 saturated carbocycles. The lowest BCUT2D eigenvalue weighted by atomic mass is 10.1. The second kappa shape index (κ2) is 6.55. The third-order valence-corrected chi connectivity index (χ3v) is 6.25. The van der Waals surface area contributed by atoms with Crippen LogP contribution in [-0.4, -0.2) is 13.0 Å². The molecule has 3 rings (SSSR count). The fourth-order valence-electron chi connectivity index (χ4n) is 2.42. The van der Waals surface area contributed by atoms with Gasteiger partial charge in [-0.1, -0.05) is 41.9 Å². The monoisotopic (exact) mass is 378 g/mol. The molecule has 0 bridgehead atoms. The van der Waals surface area contributed by atoms with E-state index in [1.165, 1.54) is 23.5 Å². The van der Waals surface area contributed by atoms with Crippen molar-refractivity contribution in [1.82, 2.24) is 4.57 Å². The molecule has 1 heterocycles. The van der Waals surface area contributed by atoms with Crippen LogP contribution in [0, 0.1) is 6.92 Å². The van der Waals surface area contributed by atoms with Gasteiger partial charge in [-0.15, -0.1) is 15.7 Å². The van der Waals surface area contributed by atoms with E-state index in [2.05, 4.69) is 4.40 Å². The average molecular weight is 379 g/mol. The minimum absolute atomic E-state index is 0.124. The maximum atomic E-state index is 12.5. The van der Waals surface area contributed by atoms with E-state index >= 15 is 0 Å². The van der Waals surface area contributed by atoms with Crippen LogP contribution in [0.2, 0.25) is 5.02 Å². The van der Waals surface area contributed by atoms with Crippen LogP contribution < -0.4 is 4.80 Å². The molecule has 1 aromatic heterocycles. The molecule has 0 atom stereocenters. The molecule has 0 N–H and O–H groups in total. The van der Waals surface area contributed by atoms with Crippen LogP contribution in [0.4, 0.5) is 0 Å². The molecule has 0 radical (unpaired) electrons. The highest BCUT2D eigenvalue weighted by Crippen LogP contribution is 2.24. The predicted octanol–water partition coefficient (Wildman–Crippen LogP) is 4.01. The van der Waals surface area contributed by atoms with Gasteiger partial charge in [0, 0.05) is 16.9 Å². The molecule has 0 saturated heterocycles. The van der Waals surface area contributed by atoms with Gasteiger partial charge in [0.1, 0.15) is 0 Å². The van der Waals surface area contributed by atoms with Gasteiger partial charge < -0.3 is 4.57 Å². The minimum Gasteiger partial charge on any atom is -0.319 e. The van der Waals surface area contributed by atoms with Crippen molar-refractivity contribution >= 4 is 33.0 Å². The van der Waals surface area contributed by atoms with Gasteiger partial charge in [0.15, 0.2) is 0 Å². The zero-order valence-electron chi connectivity index (χ0n) is 13.1. The van der Waals surface area contributed by atoms with Crippen LogP contribution in [0.5, 0.6) is 0 Å². The fraction of sp³-hybridized carbons (Fsp3) is 0.118. The van der Waals surface area contributed by atoms with E-state index in [-0.39, 0.29) is 4.90 Å². The highest BCUT2D eigenvalue weighted by atomic mass is 35.5. The van der Waals surface area contributed by atoms with Crippen molar-refractivity contribution in [3.8, 4) is 11.3 Å². The number of aromatic nitrogens is 1. The summed E-state index contributed by atoms with van der Waals surface area (Å²) in [6, 6.07) is 15.8. The van der Waals surface area contributed by atoms with Gasteiger partial charge in [0.05, 0.1) is 10.6 Å². The van der Waals surface area contributed by atoms with E-state index in [4.69, 9.17) is 11.6 Å². The second-order valence-electron chi connectivity index (χ2n) is 5.23. The molecule has 0 spiro atoms. The van der Waals surface area contributed by atoms with E-state index < -0.39 is 10.0 Å². The van der Waals surface area contributed by atoms with Gasteiger partial charge in [-0.25, -0.2) is 0 Å². The summed E-state index contributed by atoms with van der Waals surface area (Å²) in [6.07, 6.45) is 0. The molecule has 0 unspecified atom stereocenters. The first-order chi connectivity index (χ1) is 11.4. The number of thiazole rings is 1. The number of hydrogen-bond donors (Lipinski definition) is 0. The molecule has 7 heteroatoms. The zero-order chi connectivity index (χ0) is 17.3. The van der Waals surface area contributed by atoms with Crippen LogP contribution in [-0.2, 0) is 17.1 Å². The topological polar surface area (TPSA) is 51.4 Å². The Kier molecular flexibility index (Phi) is 4.62. The number of sulfonamides is 1. The van der Waals surface area contributed by atoms with Crippen molar-refractivity contribution in [3.63, 3.8) is 0 Å². The molecule has 0 aliphatic heterocycles.